The van der Waals surface area contributed by atoms with Crippen LogP contribution in [0.2, 0.25) is 0 Å². The summed E-state index contributed by atoms with van der Waals surface area (Å²) in [4.78, 5) is 0. The van der Waals surface area contributed by atoms with Crippen LogP contribution in [0.4, 0.5) is 11.4 Å². The molecule has 2 aromatic rings. The minimum absolute atomic E-state index is 0.475. The second-order valence-electron chi connectivity index (χ2n) is 5.00. The number of rotatable bonds is 7. The zero-order chi connectivity index (χ0) is 17.7. The van der Waals surface area contributed by atoms with Crippen LogP contribution in [-0.2, 0) is 0 Å². The number of nitrogens with two attached hydrogens (primary N) is 2. The van der Waals surface area contributed by atoms with E-state index in [4.69, 9.17) is 30.4 Å². The fourth-order valence-electron chi connectivity index (χ4n) is 2.58. The highest BCUT2D eigenvalue weighted by Crippen LogP contribution is 2.48. The Kier molecular flexibility index (Phi) is 5.63. The van der Waals surface area contributed by atoms with E-state index in [1.54, 1.807) is 26.4 Å². The molecule has 130 valence electrons. The molecule has 0 saturated heterocycles. The van der Waals surface area contributed by atoms with Crippen LogP contribution in [0.1, 0.15) is 13.8 Å². The first-order valence-corrected chi connectivity index (χ1v) is 7.77. The van der Waals surface area contributed by atoms with Gasteiger partial charge in [-0.25, -0.2) is 0 Å². The average molecular weight is 332 g/mol. The lowest BCUT2D eigenvalue weighted by molar-refractivity contribution is 0.308. The van der Waals surface area contributed by atoms with Crippen molar-refractivity contribution in [1.29, 1.82) is 0 Å². The maximum Gasteiger partial charge on any atom is 0.184 e. The van der Waals surface area contributed by atoms with Crippen molar-refractivity contribution >= 4 is 11.4 Å². The molecular formula is C18H24N2O4. The molecule has 0 aliphatic rings. The second-order valence-corrected chi connectivity index (χ2v) is 5.00. The summed E-state index contributed by atoms with van der Waals surface area (Å²) in [6.45, 7) is 4.75. The number of hydrogen-bond donors (Lipinski definition) is 2. The van der Waals surface area contributed by atoms with Gasteiger partial charge in [-0.05, 0) is 38.1 Å². The third kappa shape index (κ3) is 3.13. The van der Waals surface area contributed by atoms with Crippen LogP contribution in [0.5, 0.6) is 23.0 Å². The number of benzene rings is 2. The molecule has 6 heteroatoms. The van der Waals surface area contributed by atoms with Crippen LogP contribution >= 0.6 is 0 Å². The van der Waals surface area contributed by atoms with Gasteiger partial charge in [-0.1, -0.05) is 0 Å². The molecule has 0 spiro atoms. The van der Waals surface area contributed by atoms with Gasteiger partial charge in [0.25, 0.3) is 0 Å². The Morgan fingerprint density at radius 3 is 1.33 bits per heavy atom. The molecule has 2 rings (SSSR count). The van der Waals surface area contributed by atoms with E-state index >= 15 is 0 Å². The highest BCUT2D eigenvalue weighted by Gasteiger charge is 2.21. The van der Waals surface area contributed by atoms with Gasteiger partial charge in [0.1, 0.15) is 0 Å². The third-order valence-electron chi connectivity index (χ3n) is 3.56. The van der Waals surface area contributed by atoms with E-state index in [1.807, 2.05) is 26.0 Å². The van der Waals surface area contributed by atoms with E-state index in [1.165, 1.54) is 0 Å². The minimum atomic E-state index is 0.475. The highest BCUT2D eigenvalue weighted by atomic mass is 16.5. The predicted octanol–water partition coefficient (Wildman–Crippen LogP) is 3.33. The SMILES string of the molecule is CCOc1c(-c2ccc(N)c(OC)c2OCC)ccc(N)c1OC. The Labute approximate surface area is 142 Å². The van der Waals surface area contributed by atoms with Gasteiger partial charge in [0.2, 0.25) is 0 Å². The monoisotopic (exact) mass is 332 g/mol. The maximum absolute atomic E-state index is 6.01. The molecule has 0 fully saturated rings. The Hall–Kier alpha value is -2.76. The van der Waals surface area contributed by atoms with Crippen LogP contribution in [0.25, 0.3) is 11.1 Å². The summed E-state index contributed by atoms with van der Waals surface area (Å²) in [5.74, 6) is 2.11. The van der Waals surface area contributed by atoms with E-state index in [0.717, 1.165) is 11.1 Å². The fraction of sp³-hybridized carbons (Fsp3) is 0.333. The van der Waals surface area contributed by atoms with E-state index in [-0.39, 0.29) is 0 Å². The Bertz CT molecular complexity index is 655. The van der Waals surface area contributed by atoms with Crippen molar-refractivity contribution in [2.75, 3.05) is 38.9 Å². The van der Waals surface area contributed by atoms with Gasteiger partial charge in [0.15, 0.2) is 23.0 Å². The number of nitrogen functional groups attached to an aromatic ring is 2. The molecule has 0 bridgehead atoms. The number of ether oxygens (including phenoxy) is 4. The fourth-order valence-corrected chi connectivity index (χ4v) is 2.58. The lowest BCUT2D eigenvalue weighted by Gasteiger charge is -2.20. The summed E-state index contributed by atoms with van der Waals surface area (Å²) in [6, 6.07) is 7.29. The van der Waals surface area contributed by atoms with E-state index in [2.05, 4.69) is 0 Å². The second kappa shape index (κ2) is 7.68. The van der Waals surface area contributed by atoms with Crippen molar-refractivity contribution in [3.8, 4) is 34.1 Å². The van der Waals surface area contributed by atoms with Crippen LogP contribution in [-0.4, -0.2) is 27.4 Å². The largest absolute Gasteiger partial charge is 0.491 e. The molecule has 6 nitrogen and oxygen atoms in total. The maximum atomic E-state index is 6.01. The lowest BCUT2D eigenvalue weighted by Crippen LogP contribution is -2.04. The molecule has 0 aromatic heterocycles. The van der Waals surface area contributed by atoms with E-state index in [0.29, 0.717) is 47.6 Å². The number of anilines is 2. The quantitative estimate of drug-likeness (QED) is 0.756. The molecule has 2 aromatic carbocycles. The molecule has 0 atom stereocenters. The minimum Gasteiger partial charge on any atom is -0.491 e. The van der Waals surface area contributed by atoms with Crippen LogP contribution in [0.3, 0.4) is 0 Å². The Morgan fingerprint density at radius 2 is 1.04 bits per heavy atom. The van der Waals surface area contributed by atoms with Gasteiger partial charge in [0.05, 0.1) is 38.8 Å². The first kappa shape index (κ1) is 17.6. The van der Waals surface area contributed by atoms with E-state index < -0.39 is 0 Å². The molecule has 0 unspecified atom stereocenters. The first-order chi connectivity index (χ1) is 11.6. The van der Waals surface area contributed by atoms with Gasteiger partial charge in [-0.15, -0.1) is 0 Å². The molecule has 0 aliphatic carbocycles. The van der Waals surface area contributed by atoms with E-state index in [9.17, 15) is 0 Å². The van der Waals surface area contributed by atoms with Gasteiger partial charge in [-0.2, -0.15) is 0 Å². The predicted molar refractivity (Wildman–Crippen MR) is 96.1 cm³/mol. The third-order valence-corrected chi connectivity index (χ3v) is 3.56. The number of hydrogen-bond acceptors (Lipinski definition) is 6. The molecular weight excluding hydrogens is 308 g/mol. The normalized spacial score (nSPS) is 10.3. The van der Waals surface area contributed by atoms with Crippen molar-refractivity contribution in [1.82, 2.24) is 0 Å². The summed E-state index contributed by atoms with van der Waals surface area (Å²) < 4.78 is 22.4. The Balaban J connectivity index is 2.76. The first-order valence-electron chi connectivity index (χ1n) is 7.77. The molecule has 0 aliphatic heterocycles. The van der Waals surface area contributed by atoms with Crippen LogP contribution in [0.15, 0.2) is 24.3 Å². The average Bonchev–Trinajstić information content (AvgIpc) is 2.57. The number of methoxy groups -OCH3 is 2. The van der Waals surface area contributed by atoms with Crippen molar-refractivity contribution in [2.24, 2.45) is 0 Å². The molecule has 0 heterocycles. The molecule has 24 heavy (non-hydrogen) atoms. The van der Waals surface area contributed by atoms with Gasteiger partial charge >= 0.3 is 0 Å². The van der Waals surface area contributed by atoms with Crippen molar-refractivity contribution in [3.05, 3.63) is 24.3 Å². The van der Waals surface area contributed by atoms with Crippen LogP contribution in [0, 0.1) is 0 Å². The van der Waals surface area contributed by atoms with Crippen molar-refractivity contribution < 1.29 is 18.9 Å². The highest BCUT2D eigenvalue weighted by molar-refractivity contribution is 5.85. The summed E-state index contributed by atoms with van der Waals surface area (Å²) in [5.41, 5.74) is 14.6. The summed E-state index contributed by atoms with van der Waals surface area (Å²) >= 11 is 0. The molecule has 0 amide bonds. The van der Waals surface area contributed by atoms with Crippen LogP contribution < -0.4 is 30.4 Å². The van der Waals surface area contributed by atoms with Crippen molar-refractivity contribution in [3.63, 3.8) is 0 Å². The van der Waals surface area contributed by atoms with Gasteiger partial charge < -0.3 is 30.4 Å². The van der Waals surface area contributed by atoms with Gasteiger partial charge in [0, 0.05) is 11.1 Å². The summed E-state index contributed by atoms with van der Waals surface area (Å²) in [7, 11) is 3.12. The summed E-state index contributed by atoms with van der Waals surface area (Å²) in [6.07, 6.45) is 0. The zero-order valence-corrected chi connectivity index (χ0v) is 14.5. The topological polar surface area (TPSA) is 89.0 Å². The zero-order valence-electron chi connectivity index (χ0n) is 14.5. The van der Waals surface area contributed by atoms with Crippen molar-refractivity contribution in [2.45, 2.75) is 13.8 Å². The standard InChI is InChI=1S/C18H24N2O4/c1-5-23-15-11(7-9-13(19)17(15)21-3)12-8-10-14(20)18(22-4)16(12)24-6-2/h7-10H,5-6,19-20H2,1-4H3. The molecule has 4 N–H and O–H groups in total. The Morgan fingerprint density at radius 1 is 0.667 bits per heavy atom. The summed E-state index contributed by atoms with van der Waals surface area (Å²) in [5, 5.41) is 0. The molecule has 0 radical (unpaired) electrons. The molecule has 0 saturated carbocycles. The lowest BCUT2D eigenvalue weighted by atomic mass is 10.0. The smallest absolute Gasteiger partial charge is 0.184 e. The van der Waals surface area contributed by atoms with Gasteiger partial charge in [-0.3, -0.25) is 0 Å².